The number of furan rings is 1. The van der Waals surface area contributed by atoms with Crippen LogP contribution in [-0.2, 0) is 24.2 Å². The number of nitrogens with two attached hydrogens (primary N) is 1. The number of nitrogen functional groups attached to an aromatic ring is 1. The molecule has 2 N–H and O–H groups in total. The summed E-state index contributed by atoms with van der Waals surface area (Å²) in [6, 6.07) is 11.8. The van der Waals surface area contributed by atoms with E-state index in [2.05, 4.69) is 10.2 Å². The van der Waals surface area contributed by atoms with Crippen LogP contribution in [0.5, 0.6) is 0 Å². The number of benzene rings is 1. The molecule has 1 aromatic carbocycles. The predicted octanol–water partition coefficient (Wildman–Crippen LogP) is 4.22. The Labute approximate surface area is 199 Å². The number of thioether (sulfide) groups is 1. The number of hydrogen-bond acceptors (Lipinski definition) is 8. The molecule has 0 unspecified atom stereocenters. The fraction of sp³-hybridized carbons (Fsp3) is 0.304. The van der Waals surface area contributed by atoms with Gasteiger partial charge in [-0.25, -0.2) is 9.66 Å². The van der Waals surface area contributed by atoms with Crippen molar-refractivity contribution in [3.05, 3.63) is 64.6 Å². The van der Waals surface area contributed by atoms with Crippen molar-refractivity contribution in [2.24, 2.45) is 0 Å². The van der Waals surface area contributed by atoms with Crippen LogP contribution in [0.2, 0.25) is 0 Å². The Morgan fingerprint density at radius 3 is 2.79 bits per heavy atom. The first-order valence-corrected chi connectivity index (χ1v) is 12.6. The predicted molar refractivity (Wildman–Crippen MR) is 130 cm³/mol. The average molecular weight is 481 g/mol. The van der Waals surface area contributed by atoms with Crippen molar-refractivity contribution >= 4 is 34.1 Å². The van der Waals surface area contributed by atoms with Crippen molar-refractivity contribution in [2.45, 2.75) is 44.3 Å². The number of aromatic nitrogens is 4. The SMILES string of the molecule is Cc1occc1-c1nnc(SCC(=O)N(Cc2ccccc2)c2nc3c(s2)CCCC3)n1N. The third kappa shape index (κ3) is 4.53. The number of aryl methyl sites for hydroxylation is 3. The normalized spacial score (nSPS) is 13.1. The number of nitrogens with zero attached hydrogens (tertiary/aromatic N) is 5. The van der Waals surface area contributed by atoms with Crippen LogP contribution in [0.1, 0.15) is 34.7 Å². The first kappa shape index (κ1) is 21.7. The maximum atomic E-state index is 13.4. The lowest BCUT2D eigenvalue weighted by Gasteiger charge is -2.20. The second-order valence-electron chi connectivity index (χ2n) is 7.89. The molecule has 5 rings (SSSR count). The molecule has 4 aromatic rings. The van der Waals surface area contributed by atoms with Crippen molar-refractivity contribution in [1.29, 1.82) is 0 Å². The molecule has 33 heavy (non-hydrogen) atoms. The molecule has 0 radical (unpaired) electrons. The molecule has 3 heterocycles. The van der Waals surface area contributed by atoms with Gasteiger partial charge in [0.25, 0.3) is 0 Å². The first-order chi connectivity index (χ1) is 16.1. The summed E-state index contributed by atoms with van der Waals surface area (Å²) in [5.41, 5.74) is 2.98. The number of carbonyl (C=O) groups excluding carboxylic acids is 1. The molecule has 8 nitrogen and oxygen atoms in total. The summed E-state index contributed by atoms with van der Waals surface area (Å²) < 4.78 is 6.75. The number of carbonyl (C=O) groups is 1. The molecule has 0 saturated carbocycles. The summed E-state index contributed by atoms with van der Waals surface area (Å²) in [6.45, 7) is 2.32. The van der Waals surface area contributed by atoms with Gasteiger partial charge in [-0.1, -0.05) is 42.1 Å². The molecule has 0 atom stereocenters. The molecule has 0 aliphatic heterocycles. The van der Waals surface area contributed by atoms with Gasteiger partial charge >= 0.3 is 0 Å². The maximum Gasteiger partial charge on any atom is 0.239 e. The number of thiazole rings is 1. The van der Waals surface area contributed by atoms with Crippen LogP contribution in [-0.4, -0.2) is 31.5 Å². The van der Waals surface area contributed by atoms with Gasteiger partial charge in [0, 0.05) is 4.88 Å². The second-order valence-corrected chi connectivity index (χ2v) is 9.90. The highest BCUT2D eigenvalue weighted by molar-refractivity contribution is 7.99. The Kier molecular flexibility index (Phi) is 6.19. The Morgan fingerprint density at radius 2 is 2.03 bits per heavy atom. The molecular formula is C23H24N6O2S2. The Hall–Kier alpha value is -3.11. The van der Waals surface area contributed by atoms with Crippen LogP contribution >= 0.6 is 23.1 Å². The molecule has 0 saturated heterocycles. The van der Waals surface area contributed by atoms with Gasteiger partial charge in [0.05, 0.1) is 29.8 Å². The topological polar surface area (TPSA) is 103 Å². The van der Waals surface area contributed by atoms with Crippen LogP contribution in [0, 0.1) is 6.92 Å². The van der Waals surface area contributed by atoms with Crippen LogP contribution in [0.4, 0.5) is 5.13 Å². The molecule has 0 spiro atoms. The standard InChI is InChI=1S/C23H24N6O2S2/c1-15-17(11-12-31-15)21-26-27-23(29(21)24)32-14-20(30)28(13-16-7-3-2-4-8-16)22-25-18-9-5-6-10-19(18)33-22/h2-4,7-8,11-12H,5-6,9-10,13-14,24H2,1H3. The molecule has 170 valence electrons. The van der Waals surface area contributed by atoms with E-state index in [0.717, 1.165) is 41.2 Å². The molecule has 1 aliphatic carbocycles. The molecule has 3 aromatic heterocycles. The lowest BCUT2D eigenvalue weighted by Crippen LogP contribution is -2.32. The molecule has 0 bridgehead atoms. The van der Waals surface area contributed by atoms with E-state index >= 15 is 0 Å². The quantitative estimate of drug-likeness (QED) is 0.312. The lowest BCUT2D eigenvalue weighted by molar-refractivity contribution is -0.116. The largest absolute Gasteiger partial charge is 0.469 e. The van der Waals surface area contributed by atoms with Gasteiger partial charge in [-0.05, 0) is 44.2 Å². The highest BCUT2D eigenvalue weighted by Crippen LogP contribution is 2.33. The summed E-state index contributed by atoms with van der Waals surface area (Å²) in [6.07, 6.45) is 5.96. The van der Waals surface area contributed by atoms with E-state index in [4.69, 9.17) is 15.2 Å². The smallest absolute Gasteiger partial charge is 0.239 e. The second kappa shape index (κ2) is 9.40. The summed E-state index contributed by atoms with van der Waals surface area (Å²) in [5, 5.41) is 9.60. The van der Waals surface area contributed by atoms with Gasteiger partial charge in [0.1, 0.15) is 5.76 Å². The minimum Gasteiger partial charge on any atom is -0.469 e. The highest BCUT2D eigenvalue weighted by atomic mass is 32.2. The van der Waals surface area contributed by atoms with Crippen LogP contribution in [0.25, 0.3) is 11.4 Å². The van der Waals surface area contributed by atoms with Crippen molar-refractivity contribution in [3.63, 3.8) is 0 Å². The maximum absolute atomic E-state index is 13.4. The zero-order valence-corrected chi connectivity index (χ0v) is 19.9. The molecule has 1 aliphatic rings. The van der Waals surface area contributed by atoms with E-state index in [1.807, 2.05) is 37.3 Å². The number of amides is 1. The van der Waals surface area contributed by atoms with Crippen LogP contribution in [0.15, 0.2) is 52.2 Å². The van der Waals surface area contributed by atoms with Gasteiger partial charge in [0.15, 0.2) is 11.0 Å². The van der Waals surface area contributed by atoms with Crippen molar-refractivity contribution in [3.8, 4) is 11.4 Å². The first-order valence-electron chi connectivity index (χ1n) is 10.8. The van der Waals surface area contributed by atoms with Gasteiger partial charge in [0.2, 0.25) is 11.1 Å². The number of fused-ring (bicyclic) bond motifs is 1. The van der Waals surface area contributed by atoms with E-state index in [-0.39, 0.29) is 11.7 Å². The average Bonchev–Trinajstić information content (AvgIpc) is 3.54. The minimum atomic E-state index is -0.0426. The number of hydrogen-bond donors (Lipinski definition) is 1. The zero-order valence-electron chi connectivity index (χ0n) is 18.2. The number of rotatable bonds is 7. The minimum absolute atomic E-state index is 0.0426. The summed E-state index contributed by atoms with van der Waals surface area (Å²) in [4.78, 5) is 21.3. The Balaban J connectivity index is 1.36. The van der Waals surface area contributed by atoms with E-state index in [9.17, 15) is 4.79 Å². The van der Waals surface area contributed by atoms with E-state index in [0.29, 0.717) is 23.3 Å². The van der Waals surface area contributed by atoms with Gasteiger partial charge in [-0.3, -0.25) is 9.69 Å². The van der Waals surface area contributed by atoms with Gasteiger partial charge < -0.3 is 10.3 Å². The van der Waals surface area contributed by atoms with E-state index < -0.39 is 0 Å². The fourth-order valence-electron chi connectivity index (χ4n) is 3.86. The third-order valence-corrected chi connectivity index (χ3v) is 7.75. The van der Waals surface area contributed by atoms with Gasteiger partial charge in [-0.15, -0.1) is 21.5 Å². The van der Waals surface area contributed by atoms with E-state index in [1.54, 1.807) is 28.6 Å². The molecule has 1 amide bonds. The monoisotopic (exact) mass is 480 g/mol. The Bertz CT molecular complexity index is 1240. The Morgan fingerprint density at radius 1 is 1.21 bits per heavy atom. The van der Waals surface area contributed by atoms with E-state index in [1.165, 1.54) is 27.7 Å². The molecule has 10 heteroatoms. The fourth-order valence-corrected chi connectivity index (χ4v) is 5.76. The zero-order chi connectivity index (χ0) is 22.8. The molecule has 0 fully saturated rings. The van der Waals surface area contributed by atoms with Gasteiger partial charge in [-0.2, -0.15) is 0 Å². The van der Waals surface area contributed by atoms with Crippen molar-refractivity contribution in [1.82, 2.24) is 19.9 Å². The summed E-state index contributed by atoms with van der Waals surface area (Å²) in [7, 11) is 0. The highest BCUT2D eigenvalue weighted by Gasteiger charge is 2.25. The lowest BCUT2D eigenvalue weighted by atomic mass is 10.0. The van der Waals surface area contributed by atoms with Crippen molar-refractivity contribution in [2.75, 3.05) is 16.5 Å². The number of anilines is 1. The van der Waals surface area contributed by atoms with Crippen LogP contribution < -0.4 is 10.7 Å². The summed E-state index contributed by atoms with van der Waals surface area (Å²) >= 11 is 2.90. The molecular weight excluding hydrogens is 456 g/mol. The van der Waals surface area contributed by atoms with Crippen molar-refractivity contribution < 1.29 is 9.21 Å². The third-order valence-electron chi connectivity index (χ3n) is 5.64. The van der Waals surface area contributed by atoms with Crippen LogP contribution in [0.3, 0.4) is 0 Å². The summed E-state index contributed by atoms with van der Waals surface area (Å²) in [5.74, 6) is 7.57.